The quantitative estimate of drug-likeness (QED) is 0.864. The molecule has 0 unspecified atom stereocenters. The average molecular weight is 384 g/mol. The minimum atomic E-state index is -0.831. The predicted molar refractivity (Wildman–Crippen MR) is 85.8 cm³/mol. The summed E-state index contributed by atoms with van der Waals surface area (Å²) in [6, 6.07) is 3.63. The molecular formula is C16H18BrNO5. The van der Waals surface area contributed by atoms with E-state index in [-0.39, 0.29) is 18.9 Å². The Morgan fingerprint density at radius 1 is 1.26 bits per heavy atom. The molecule has 6 nitrogen and oxygen atoms in total. The van der Waals surface area contributed by atoms with Gasteiger partial charge >= 0.3 is 5.97 Å². The van der Waals surface area contributed by atoms with Gasteiger partial charge in [-0.1, -0.05) is 15.9 Å². The van der Waals surface area contributed by atoms with Crippen molar-refractivity contribution < 1.29 is 24.2 Å². The number of benzene rings is 1. The molecule has 0 aliphatic carbocycles. The normalized spacial score (nSPS) is 20.2. The van der Waals surface area contributed by atoms with E-state index in [2.05, 4.69) is 15.9 Å². The number of likely N-dealkylation sites (tertiary alicyclic amines) is 1. The molecule has 2 aliphatic heterocycles. The first-order valence-electron chi connectivity index (χ1n) is 7.63. The zero-order valence-electron chi connectivity index (χ0n) is 12.6. The number of nitrogens with zero attached hydrogens (tertiary/aromatic N) is 1. The number of piperidine rings is 1. The first-order valence-corrected chi connectivity index (χ1v) is 8.42. The lowest BCUT2D eigenvalue weighted by Crippen LogP contribution is -2.43. The molecule has 1 N–H and O–H groups in total. The van der Waals surface area contributed by atoms with Gasteiger partial charge in [0.25, 0.3) is 0 Å². The zero-order valence-corrected chi connectivity index (χ0v) is 14.2. The number of amides is 1. The standard InChI is InChI=1S/C16H18BrNO5/c17-12-8-14-13(22-4-5-23-14)6-11(12)7-15(19)18-3-1-2-10(9-18)16(20)21/h6,8,10H,1-5,7,9H2,(H,20,21)/t10-/m0/s1. The number of halogens is 1. The van der Waals surface area contributed by atoms with E-state index in [1.165, 1.54) is 0 Å². The number of ether oxygens (including phenoxy) is 2. The zero-order chi connectivity index (χ0) is 16.4. The number of fused-ring (bicyclic) bond motifs is 1. The van der Waals surface area contributed by atoms with Crippen molar-refractivity contribution in [3.05, 3.63) is 22.2 Å². The molecule has 1 fully saturated rings. The van der Waals surface area contributed by atoms with E-state index in [0.717, 1.165) is 16.5 Å². The maximum absolute atomic E-state index is 12.5. The van der Waals surface area contributed by atoms with Crippen LogP contribution in [0.4, 0.5) is 0 Å². The Labute approximate surface area is 142 Å². The topological polar surface area (TPSA) is 76.1 Å². The first-order chi connectivity index (χ1) is 11.0. The predicted octanol–water partition coefficient (Wildman–Crippen LogP) is 2.09. The fraction of sp³-hybridized carbons (Fsp3) is 0.500. The third-order valence-corrected chi connectivity index (χ3v) is 4.91. The Morgan fingerprint density at radius 3 is 2.65 bits per heavy atom. The Kier molecular flexibility index (Phi) is 4.75. The molecule has 124 valence electrons. The summed E-state index contributed by atoms with van der Waals surface area (Å²) in [6.07, 6.45) is 1.57. The van der Waals surface area contributed by atoms with Crippen LogP contribution in [0.25, 0.3) is 0 Å². The lowest BCUT2D eigenvalue weighted by atomic mass is 9.97. The summed E-state index contributed by atoms with van der Waals surface area (Å²) < 4.78 is 11.8. The highest BCUT2D eigenvalue weighted by atomic mass is 79.9. The minimum absolute atomic E-state index is 0.0617. The van der Waals surface area contributed by atoms with Crippen LogP contribution in [0.1, 0.15) is 18.4 Å². The van der Waals surface area contributed by atoms with Gasteiger partial charge in [0.1, 0.15) is 13.2 Å². The van der Waals surface area contributed by atoms with Crippen molar-refractivity contribution in [3.8, 4) is 11.5 Å². The number of carboxylic acid groups (broad SMARTS) is 1. The third-order valence-electron chi connectivity index (χ3n) is 4.18. The summed E-state index contributed by atoms with van der Waals surface area (Å²) in [5.41, 5.74) is 0.816. The van der Waals surface area contributed by atoms with Crippen LogP contribution in [0.2, 0.25) is 0 Å². The van der Waals surface area contributed by atoms with Gasteiger partial charge in [0.2, 0.25) is 5.91 Å². The van der Waals surface area contributed by atoms with Gasteiger partial charge in [0, 0.05) is 17.6 Å². The van der Waals surface area contributed by atoms with E-state index in [9.17, 15) is 9.59 Å². The van der Waals surface area contributed by atoms with Crippen molar-refractivity contribution in [2.75, 3.05) is 26.3 Å². The Morgan fingerprint density at radius 2 is 1.96 bits per heavy atom. The number of carbonyl (C=O) groups is 2. The maximum atomic E-state index is 12.5. The van der Waals surface area contributed by atoms with Crippen molar-refractivity contribution >= 4 is 27.8 Å². The highest BCUT2D eigenvalue weighted by Crippen LogP contribution is 2.36. The lowest BCUT2D eigenvalue weighted by molar-refractivity contribution is -0.145. The molecule has 7 heteroatoms. The molecule has 23 heavy (non-hydrogen) atoms. The second-order valence-corrected chi connectivity index (χ2v) is 6.64. The van der Waals surface area contributed by atoms with Gasteiger partial charge in [-0.3, -0.25) is 9.59 Å². The highest BCUT2D eigenvalue weighted by Gasteiger charge is 2.28. The van der Waals surface area contributed by atoms with Crippen molar-refractivity contribution in [2.24, 2.45) is 5.92 Å². The summed E-state index contributed by atoms with van der Waals surface area (Å²) in [5.74, 6) is -0.0414. The van der Waals surface area contributed by atoms with Gasteiger partial charge in [0.15, 0.2) is 11.5 Å². The summed E-state index contributed by atoms with van der Waals surface area (Å²) in [5, 5.41) is 9.13. The molecular weight excluding hydrogens is 366 g/mol. The van der Waals surface area contributed by atoms with E-state index in [4.69, 9.17) is 14.6 Å². The van der Waals surface area contributed by atoms with Crippen molar-refractivity contribution in [1.82, 2.24) is 4.90 Å². The number of rotatable bonds is 3. The second-order valence-electron chi connectivity index (χ2n) is 5.78. The Bertz CT molecular complexity index is 633. The lowest BCUT2D eigenvalue weighted by Gasteiger charge is -2.31. The summed E-state index contributed by atoms with van der Waals surface area (Å²) in [4.78, 5) is 25.3. The van der Waals surface area contributed by atoms with Gasteiger partial charge in [-0.15, -0.1) is 0 Å². The fourth-order valence-corrected chi connectivity index (χ4v) is 3.38. The number of hydrogen-bond acceptors (Lipinski definition) is 4. The van der Waals surface area contributed by atoms with Crippen LogP contribution < -0.4 is 9.47 Å². The molecule has 1 amide bonds. The number of carboxylic acids is 1. The Hall–Kier alpha value is -1.76. The average Bonchev–Trinajstić information content (AvgIpc) is 2.55. The second kappa shape index (κ2) is 6.78. The summed E-state index contributed by atoms with van der Waals surface area (Å²) in [6.45, 7) is 1.91. The number of carbonyl (C=O) groups excluding carboxylic acids is 1. The Balaban J connectivity index is 1.71. The minimum Gasteiger partial charge on any atom is -0.486 e. The summed E-state index contributed by atoms with van der Waals surface area (Å²) in [7, 11) is 0. The SMILES string of the molecule is O=C(O)[C@H]1CCCN(C(=O)Cc2cc3c(cc2Br)OCCO3)C1. The van der Waals surface area contributed by atoms with Gasteiger partial charge in [0.05, 0.1) is 12.3 Å². The molecule has 3 rings (SSSR count). The summed E-state index contributed by atoms with van der Waals surface area (Å²) >= 11 is 3.46. The van der Waals surface area contributed by atoms with Crippen molar-refractivity contribution in [1.29, 1.82) is 0 Å². The van der Waals surface area contributed by atoms with Gasteiger partial charge in [-0.25, -0.2) is 0 Å². The van der Waals surface area contributed by atoms with Crippen LogP contribution in [-0.2, 0) is 16.0 Å². The highest BCUT2D eigenvalue weighted by molar-refractivity contribution is 9.10. The number of hydrogen-bond donors (Lipinski definition) is 1. The van der Waals surface area contributed by atoms with Gasteiger partial charge in [-0.2, -0.15) is 0 Å². The van der Waals surface area contributed by atoms with E-state index in [1.54, 1.807) is 4.90 Å². The molecule has 0 spiro atoms. The molecule has 0 radical (unpaired) electrons. The maximum Gasteiger partial charge on any atom is 0.308 e. The van der Waals surface area contributed by atoms with Crippen molar-refractivity contribution in [3.63, 3.8) is 0 Å². The van der Waals surface area contributed by atoms with Gasteiger partial charge < -0.3 is 19.5 Å². The molecule has 2 heterocycles. The number of aliphatic carboxylic acids is 1. The van der Waals surface area contributed by atoms with Gasteiger partial charge in [-0.05, 0) is 30.5 Å². The molecule has 0 bridgehead atoms. The first kappa shape index (κ1) is 16.1. The molecule has 1 aromatic rings. The molecule has 1 aromatic carbocycles. The van der Waals surface area contributed by atoms with E-state index >= 15 is 0 Å². The van der Waals surface area contributed by atoms with E-state index in [1.807, 2.05) is 12.1 Å². The molecule has 2 aliphatic rings. The molecule has 0 saturated carbocycles. The monoisotopic (exact) mass is 383 g/mol. The van der Waals surface area contributed by atoms with Crippen molar-refractivity contribution in [2.45, 2.75) is 19.3 Å². The van der Waals surface area contributed by atoms with Crippen LogP contribution in [-0.4, -0.2) is 48.2 Å². The van der Waals surface area contributed by atoms with E-state index < -0.39 is 11.9 Å². The van der Waals surface area contributed by atoms with Crippen LogP contribution in [0, 0.1) is 5.92 Å². The molecule has 1 saturated heterocycles. The fourth-order valence-electron chi connectivity index (χ4n) is 2.92. The largest absolute Gasteiger partial charge is 0.486 e. The van der Waals surface area contributed by atoms with Crippen LogP contribution in [0.3, 0.4) is 0 Å². The smallest absolute Gasteiger partial charge is 0.308 e. The molecule has 1 atom stereocenters. The van der Waals surface area contributed by atoms with Crippen LogP contribution in [0.5, 0.6) is 11.5 Å². The van der Waals surface area contributed by atoms with Crippen LogP contribution >= 0.6 is 15.9 Å². The molecule has 0 aromatic heterocycles. The van der Waals surface area contributed by atoms with Crippen LogP contribution in [0.15, 0.2) is 16.6 Å². The van der Waals surface area contributed by atoms with E-state index in [0.29, 0.717) is 37.7 Å². The third kappa shape index (κ3) is 3.60.